The Balaban J connectivity index is 2.28. The Morgan fingerprint density at radius 1 is 0.933 bits per heavy atom. The van der Waals surface area contributed by atoms with Crippen molar-refractivity contribution in [3.63, 3.8) is 0 Å². The van der Waals surface area contributed by atoms with Gasteiger partial charge in [-0.2, -0.15) is 5.10 Å². The molecular weight excluding hydrogens is 186 g/mol. The molecule has 0 N–H and O–H groups in total. The molecule has 3 heteroatoms. The van der Waals surface area contributed by atoms with Gasteiger partial charge in [0.15, 0.2) is 5.82 Å². The van der Waals surface area contributed by atoms with Crippen LogP contribution < -0.4 is 0 Å². The molecule has 72 valence electrons. The van der Waals surface area contributed by atoms with E-state index in [4.69, 9.17) is 0 Å². The molecular formula is C12H9N3. The second-order valence-corrected chi connectivity index (χ2v) is 3.30. The zero-order valence-corrected chi connectivity index (χ0v) is 8.04. The summed E-state index contributed by atoms with van der Waals surface area (Å²) in [5.74, 6) is 0.846. The summed E-state index contributed by atoms with van der Waals surface area (Å²) in [6.45, 7) is 0. The van der Waals surface area contributed by atoms with Crippen molar-refractivity contribution < 1.29 is 0 Å². The summed E-state index contributed by atoms with van der Waals surface area (Å²) in [6.07, 6.45) is 3.62. The standard InChI is InChI=1S/C12H9N3/c1-2-6-11-10(5-1)9-14-15(11)12-7-3-4-8-13-12/h1-9H. The highest BCUT2D eigenvalue weighted by atomic mass is 15.3. The minimum absolute atomic E-state index is 0.846. The third kappa shape index (κ3) is 1.29. The van der Waals surface area contributed by atoms with Crippen molar-refractivity contribution >= 4 is 10.9 Å². The van der Waals surface area contributed by atoms with Crippen LogP contribution in [0, 0.1) is 0 Å². The molecule has 0 atom stereocenters. The molecule has 2 aromatic heterocycles. The van der Waals surface area contributed by atoms with Crippen LogP contribution in [0.25, 0.3) is 16.7 Å². The van der Waals surface area contributed by atoms with Crippen LogP contribution in [0.2, 0.25) is 0 Å². The second-order valence-electron chi connectivity index (χ2n) is 3.30. The first-order valence-corrected chi connectivity index (χ1v) is 4.79. The monoisotopic (exact) mass is 195 g/mol. The third-order valence-electron chi connectivity index (χ3n) is 2.34. The summed E-state index contributed by atoms with van der Waals surface area (Å²) in [7, 11) is 0. The first-order valence-electron chi connectivity index (χ1n) is 4.79. The van der Waals surface area contributed by atoms with Gasteiger partial charge in [-0.1, -0.05) is 24.3 Å². The van der Waals surface area contributed by atoms with Gasteiger partial charge in [-0.15, -0.1) is 0 Å². The van der Waals surface area contributed by atoms with E-state index in [0.29, 0.717) is 0 Å². The molecule has 1 aromatic carbocycles. The lowest BCUT2D eigenvalue weighted by Gasteiger charge is -2.00. The molecule has 0 aliphatic carbocycles. The molecule has 3 aromatic rings. The van der Waals surface area contributed by atoms with Crippen LogP contribution in [0.5, 0.6) is 0 Å². The number of para-hydroxylation sites is 1. The number of fused-ring (bicyclic) bond motifs is 1. The summed E-state index contributed by atoms with van der Waals surface area (Å²) in [6, 6.07) is 13.9. The Labute approximate surface area is 87.0 Å². The maximum atomic E-state index is 4.32. The molecule has 15 heavy (non-hydrogen) atoms. The van der Waals surface area contributed by atoms with Gasteiger partial charge in [-0.25, -0.2) is 9.67 Å². The van der Waals surface area contributed by atoms with Gasteiger partial charge in [0, 0.05) is 11.6 Å². The number of benzene rings is 1. The van der Waals surface area contributed by atoms with Crippen LogP contribution in [0.1, 0.15) is 0 Å². The molecule has 0 spiro atoms. The number of pyridine rings is 1. The van der Waals surface area contributed by atoms with E-state index in [1.807, 2.05) is 53.3 Å². The number of aromatic nitrogens is 3. The van der Waals surface area contributed by atoms with E-state index >= 15 is 0 Å². The molecule has 0 fully saturated rings. The number of hydrogen-bond donors (Lipinski definition) is 0. The fourth-order valence-electron chi connectivity index (χ4n) is 1.63. The topological polar surface area (TPSA) is 30.7 Å². The Morgan fingerprint density at radius 3 is 2.67 bits per heavy atom. The predicted octanol–water partition coefficient (Wildman–Crippen LogP) is 2.42. The molecule has 0 aliphatic heterocycles. The molecule has 0 saturated carbocycles. The lowest BCUT2D eigenvalue weighted by molar-refractivity contribution is 0.875. The van der Waals surface area contributed by atoms with Crippen LogP contribution in [0.4, 0.5) is 0 Å². The van der Waals surface area contributed by atoms with Gasteiger partial charge in [0.25, 0.3) is 0 Å². The molecule has 2 heterocycles. The molecule has 0 saturated heterocycles. The van der Waals surface area contributed by atoms with E-state index in [-0.39, 0.29) is 0 Å². The fourth-order valence-corrected chi connectivity index (χ4v) is 1.63. The lowest BCUT2D eigenvalue weighted by Crippen LogP contribution is -1.97. The van der Waals surface area contributed by atoms with Crippen LogP contribution in [0.3, 0.4) is 0 Å². The SMILES string of the molecule is c1ccc(-n2ncc3ccccc32)nc1. The Morgan fingerprint density at radius 2 is 1.80 bits per heavy atom. The van der Waals surface area contributed by atoms with E-state index in [2.05, 4.69) is 10.1 Å². The fraction of sp³-hybridized carbons (Fsp3) is 0. The molecule has 3 rings (SSSR count). The highest BCUT2D eigenvalue weighted by Crippen LogP contribution is 2.15. The molecule has 0 aliphatic rings. The maximum Gasteiger partial charge on any atom is 0.153 e. The van der Waals surface area contributed by atoms with E-state index in [9.17, 15) is 0 Å². The first-order chi connectivity index (χ1) is 7.45. The Kier molecular flexibility index (Phi) is 1.75. The van der Waals surface area contributed by atoms with Gasteiger partial charge in [-0.05, 0) is 18.2 Å². The van der Waals surface area contributed by atoms with Crippen molar-refractivity contribution in [1.29, 1.82) is 0 Å². The van der Waals surface area contributed by atoms with Gasteiger partial charge < -0.3 is 0 Å². The first kappa shape index (κ1) is 8.17. The van der Waals surface area contributed by atoms with E-state index in [1.54, 1.807) is 6.20 Å². The molecule has 3 nitrogen and oxygen atoms in total. The van der Waals surface area contributed by atoms with Gasteiger partial charge in [-0.3, -0.25) is 0 Å². The van der Waals surface area contributed by atoms with E-state index in [1.165, 1.54) is 0 Å². The van der Waals surface area contributed by atoms with Gasteiger partial charge >= 0.3 is 0 Å². The van der Waals surface area contributed by atoms with E-state index in [0.717, 1.165) is 16.7 Å². The second kappa shape index (κ2) is 3.20. The molecule has 0 bridgehead atoms. The van der Waals surface area contributed by atoms with Crippen LogP contribution in [-0.4, -0.2) is 14.8 Å². The smallest absolute Gasteiger partial charge is 0.153 e. The van der Waals surface area contributed by atoms with Gasteiger partial charge in [0.1, 0.15) is 0 Å². The maximum absolute atomic E-state index is 4.32. The zero-order chi connectivity index (χ0) is 10.1. The van der Waals surface area contributed by atoms with Crippen molar-refractivity contribution in [3.8, 4) is 5.82 Å². The average molecular weight is 195 g/mol. The van der Waals surface area contributed by atoms with Crippen molar-refractivity contribution in [2.75, 3.05) is 0 Å². The van der Waals surface area contributed by atoms with Crippen molar-refractivity contribution in [3.05, 3.63) is 54.9 Å². The van der Waals surface area contributed by atoms with Crippen molar-refractivity contribution in [2.45, 2.75) is 0 Å². The molecule has 0 amide bonds. The summed E-state index contributed by atoms with van der Waals surface area (Å²) in [5, 5.41) is 5.45. The molecule has 0 radical (unpaired) electrons. The average Bonchev–Trinajstić information content (AvgIpc) is 2.74. The lowest BCUT2D eigenvalue weighted by atomic mass is 10.2. The van der Waals surface area contributed by atoms with Crippen molar-refractivity contribution in [2.24, 2.45) is 0 Å². The summed E-state index contributed by atoms with van der Waals surface area (Å²) >= 11 is 0. The van der Waals surface area contributed by atoms with Crippen LogP contribution >= 0.6 is 0 Å². The van der Waals surface area contributed by atoms with Gasteiger partial charge in [0.05, 0.1) is 11.7 Å². The van der Waals surface area contributed by atoms with E-state index < -0.39 is 0 Å². The number of rotatable bonds is 1. The minimum Gasteiger partial charge on any atom is -0.237 e. The highest BCUT2D eigenvalue weighted by Gasteiger charge is 2.03. The third-order valence-corrected chi connectivity index (χ3v) is 2.34. The number of nitrogens with zero attached hydrogens (tertiary/aromatic N) is 3. The zero-order valence-electron chi connectivity index (χ0n) is 8.04. The normalized spacial score (nSPS) is 10.7. The number of hydrogen-bond acceptors (Lipinski definition) is 2. The molecule has 0 unspecified atom stereocenters. The largest absolute Gasteiger partial charge is 0.237 e. The Bertz CT molecular complexity index is 584. The van der Waals surface area contributed by atoms with Gasteiger partial charge in [0.2, 0.25) is 0 Å². The predicted molar refractivity (Wildman–Crippen MR) is 58.9 cm³/mol. The van der Waals surface area contributed by atoms with Crippen LogP contribution in [-0.2, 0) is 0 Å². The minimum atomic E-state index is 0.846. The highest BCUT2D eigenvalue weighted by molar-refractivity contribution is 5.79. The summed E-state index contributed by atoms with van der Waals surface area (Å²) < 4.78 is 1.84. The van der Waals surface area contributed by atoms with Crippen LogP contribution in [0.15, 0.2) is 54.9 Å². The quantitative estimate of drug-likeness (QED) is 0.597. The summed E-state index contributed by atoms with van der Waals surface area (Å²) in [4.78, 5) is 4.27. The Hall–Kier alpha value is -2.16. The van der Waals surface area contributed by atoms with Crippen molar-refractivity contribution in [1.82, 2.24) is 14.8 Å². The summed E-state index contributed by atoms with van der Waals surface area (Å²) in [5.41, 5.74) is 1.08.